The Morgan fingerprint density at radius 3 is 2.11 bits per heavy atom. The summed E-state index contributed by atoms with van der Waals surface area (Å²) in [5, 5.41) is 2.49. The van der Waals surface area contributed by atoms with E-state index in [-0.39, 0.29) is 27.8 Å². The Morgan fingerprint density at radius 2 is 1.54 bits per heavy atom. The zero-order chi connectivity index (χ0) is 25.1. The molecular weight excluding hydrogens is 475 g/mol. The van der Waals surface area contributed by atoms with Gasteiger partial charge < -0.3 is 10.2 Å². The standard InChI is InChI=1S/C29H34ClFN2OSi/c1-29(2,3)35(23-14-6-4-7-15-23,24-16-8-5-9-17-24)34-22-13-10-12-21(20-22)28(32)33-26-19-11-18-25(30)27(26)31/h4-9,11,14-19,21-22H,10,12-13,20H2,1-3H3,(H2,32,33). The average Bonchev–Trinajstić information content (AvgIpc) is 2.86. The lowest BCUT2D eigenvalue weighted by Crippen LogP contribution is -2.68. The molecule has 3 nitrogen and oxygen atoms in total. The first-order valence-corrected chi connectivity index (χ1v) is 14.6. The van der Waals surface area contributed by atoms with Gasteiger partial charge in [-0.3, -0.25) is 0 Å². The van der Waals surface area contributed by atoms with Crippen LogP contribution in [0.1, 0.15) is 46.5 Å². The summed E-state index contributed by atoms with van der Waals surface area (Å²) < 4.78 is 21.7. The number of rotatable bonds is 6. The summed E-state index contributed by atoms with van der Waals surface area (Å²) in [6, 6.07) is 26.2. The van der Waals surface area contributed by atoms with Gasteiger partial charge in [-0.05, 0) is 46.8 Å². The summed E-state index contributed by atoms with van der Waals surface area (Å²) in [7, 11) is -2.65. The smallest absolute Gasteiger partial charge is 0.261 e. The lowest BCUT2D eigenvalue weighted by molar-refractivity contribution is 0.130. The molecule has 2 unspecified atom stereocenters. The van der Waals surface area contributed by atoms with Gasteiger partial charge in [-0.25, -0.2) is 9.38 Å². The number of amidine groups is 1. The minimum atomic E-state index is -2.65. The van der Waals surface area contributed by atoms with Crippen LogP contribution in [0, 0.1) is 11.7 Å². The van der Waals surface area contributed by atoms with Gasteiger partial charge in [0.25, 0.3) is 8.32 Å². The van der Waals surface area contributed by atoms with Crippen LogP contribution in [-0.4, -0.2) is 20.3 Å². The summed E-state index contributed by atoms with van der Waals surface area (Å²) in [5.74, 6) is -0.0553. The van der Waals surface area contributed by atoms with Crippen LogP contribution in [-0.2, 0) is 4.43 Å². The number of hydrogen-bond acceptors (Lipinski definition) is 2. The van der Waals surface area contributed by atoms with Crippen LogP contribution in [0.4, 0.5) is 10.1 Å². The van der Waals surface area contributed by atoms with Gasteiger partial charge >= 0.3 is 0 Å². The van der Waals surface area contributed by atoms with Gasteiger partial charge in [-0.1, -0.05) is 106 Å². The first kappa shape index (κ1) is 25.6. The average molecular weight is 509 g/mol. The molecule has 0 amide bonds. The van der Waals surface area contributed by atoms with Crippen molar-refractivity contribution in [3.63, 3.8) is 0 Å². The van der Waals surface area contributed by atoms with Gasteiger partial charge in [0.1, 0.15) is 11.5 Å². The molecule has 1 aliphatic carbocycles. The van der Waals surface area contributed by atoms with Crippen molar-refractivity contribution in [1.82, 2.24) is 0 Å². The van der Waals surface area contributed by atoms with Crippen LogP contribution in [0.15, 0.2) is 83.9 Å². The molecule has 2 N–H and O–H groups in total. The third-order valence-electron chi connectivity index (χ3n) is 6.99. The predicted molar refractivity (Wildman–Crippen MR) is 147 cm³/mol. The topological polar surface area (TPSA) is 47.6 Å². The molecule has 0 saturated heterocycles. The summed E-state index contributed by atoms with van der Waals surface area (Å²) in [6.45, 7) is 6.87. The Morgan fingerprint density at radius 1 is 0.943 bits per heavy atom. The number of benzene rings is 3. The monoisotopic (exact) mass is 508 g/mol. The summed E-state index contributed by atoms with van der Waals surface area (Å²) in [5.41, 5.74) is 6.61. The molecule has 2 atom stereocenters. The normalized spacial score (nSPS) is 19.5. The second kappa shape index (κ2) is 10.6. The number of hydrogen-bond donors (Lipinski definition) is 1. The molecule has 1 fully saturated rings. The SMILES string of the molecule is CC(C)(C)[Si](OC1CCCC(C(N)=Nc2cccc(Cl)c2F)C1)(c1ccccc1)c1ccccc1. The number of halogens is 2. The Bertz CT molecular complexity index is 1120. The van der Waals surface area contributed by atoms with Crippen molar-refractivity contribution < 1.29 is 8.82 Å². The number of aliphatic imine (C=N–C) groups is 1. The van der Waals surface area contributed by atoms with Crippen LogP contribution < -0.4 is 16.1 Å². The molecule has 184 valence electrons. The molecule has 3 aromatic rings. The highest BCUT2D eigenvalue weighted by atomic mass is 35.5. The molecule has 0 spiro atoms. The Labute approximate surface area is 214 Å². The Hall–Kier alpha value is -2.47. The first-order valence-electron chi connectivity index (χ1n) is 12.3. The van der Waals surface area contributed by atoms with Gasteiger partial charge in [0.05, 0.1) is 5.02 Å². The summed E-state index contributed by atoms with van der Waals surface area (Å²) >= 11 is 5.94. The molecule has 6 heteroatoms. The fraction of sp³-hybridized carbons (Fsp3) is 0.345. The van der Waals surface area contributed by atoms with E-state index in [0.29, 0.717) is 5.84 Å². The van der Waals surface area contributed by atoms with Crippen molar-refractivity contribution in [3.05, 3.63) is 89.7 Å². The van der Waals surface area contributed by atoms with Crippen molar-refractivity contribution in [2.24, 2.45) is 16.6 Å². The molecule has 0 aromatic heterocycles. The molecule has 3 aromatic carbocycles. The second-order valence-corrected chi connectivity index (χ2v) is 15.0. The first-order chi connectivity index (χ1) is 16.7. The number of nitrogens with two attached hydrogens (primary N) is 1. The number of nitrogens with zero attached hydrogens (tertiary/aromatic N) is 1. The molecule has 4 rings (SSSR count). The molecule has 1 aliphatic rings. The van der Waals surface area contributed by atoms with E-state index in [0.717, 1.165) is 25.7 Å². The van der Waals surface area contributed by atoms with Crippen LogP contribution >= 0.6 is 11.6 Å². The van der Waals surface area contributed by atoms with Crippen molar-refractivity contribution in [3.8, 4) is 0 Å². The highest BCUT2D eigenvalue weighted by Gasteiger charge is 2.51. The Kier molecular flexibility index (Phi) is 7.79. The molecular formula is C29H34ClFN2OSi. The second-order valence-electron chi connectivity index (χ2n) is 10.4. The van der Waals surface area contributed by atoms with Gasteiger partial charge in [-0.15, -0.1) is 0 Å². The highest BCUT2D eigenvalue weighted by Crippen LogP contribution is 2.40. The minimum Gasteiger partial charge on any atom is -0.404 e. The molecule has 0 bridgehead atoms. The predicted octanol–water partition coefficient (Wildman–Crippen LogP) is 6.60. The van der Waals surface area contributed by atoms with Gasteiger partial charge in [0.15, 0.2) is 5.82 Å². The van der Waals surface area contributed by atoms with Crippen molar-refractivity contribution in [1.29, 1.82) is 0 Å². The maximum absolute atomic E-state index is 14.4. The summed E-state index contributed by atoms with van der Waals surface area (Å²) in [4.78, 5) is 4.43. The summed E-state index contributed by atoms with van der Waals surface area (Å²) in [6.07, 6.45) is 3.68. The molecule has 0 heterocycles. The zero-order valence-electron chi connectivity index (χ0n) is 20.7. The molecule has 35 heavy (non-hydrogen) atoms. The maximum atomic E-state index is 14.4. The van der Waals surface area contributed by atoms with Crippen molar-refractivity contribution in [2.45, 2.75) is 57.6 Å². The lowest BCUT2D eigenvalue weighted by Gasteiger charge is -2.46. The van der Waals surface area contributed by atoms with Crippen LogP contribution in [0.2, 0.25) is 10.1 Å². The maximum Gasteiger partial charge on any atom is 0.261 e. The zero-order valence-corrected chi connectivity index (χ0v) is 22.4. The molecule has 1 saturated carbocycles. The van der Waals surface area contributed by atoms with E-state index in [9.17, 15) is 4.39 Å². The van der Waals surface area contributed by atoms with E-state index in [1.54, 1.807) is 12.1 Å². The van der Waals surface area contributed by atoms with Crippen LogP contribution in [0.25, 0.3) is 0 Å². The lowest BCUT2D eigenvalue weighted by atomic mass is 9.86. The van der Waals surface area contributed by atoms with Crippen molar-refractivity contribution >= 4 is 41.8 Å². The third kappa shape index (κ3) is 5.37. The fourth-order valence-electron chi connectivity index (χ4n) is 5.27. The van der Waals surface area contributed by atoms with Gasteiger partial charge in [-0.2, -0.15) is 0 Å². The van der Waals surface area contributed by atoms with Crippen LogP contribution in [0.5, 0.6) is 0 Å². The van der Waals surface area contributed by atoms with E-state index in [1.807, 2.05) is 0 Å². The fourth-order valence-corrected chi connectivity index (χ4v) is 10.2. The van der Waals surface area contributed by atoms with Gasteiger partial charge in [0, 0.05) is 12.0 Å². The highest BCUT2D eigenvalue weighted by molar-refractivity contribution is 6.99. The van der Waals surface area contributed by atoms with Crippen molar-refractivity contribution in [2.75, 3.05) is 0 Å². The minimum absolute atomic E-state index is 0.0327. The van der Waals surface area contributed by atoms with E-state index >= 15 is 0 Å². The Balaban J connectivity index is 1.67. The van der Waals surface area contributed by atoms with Gasteiger partial charge in [0.2, 0.25) is 0 Å². The quantitative estimate of drug-likeness (QED) is 0.231. The van der Waals surface area contributed by atoms with E-state index < -0.39 is 14.1 Å². The molecule has 0 radical (unpaired) electrons. The van der Waals surface area contributed by atoms with E-state index in [4.69, 9.17) is 21.8 Å². The largest absolute Gasteiger partial charge is 0.404 e. The third-order valence-corrected chi connectivity index (χ3v) is 12.4. The molecule has 0 aliphatic heterocycles. The van der Waals surface area contributed by atoms with E-state index in [2.05, 4.69) is 86.4 Å². The van der Waals surface area contributed by atoms with Crippen LogP contribution in [0.3, 0.4) is 0 Å². The van der Waals surface area contributed by atoms with E-state index in [1.165, 1.54) is 16.4 Å².